The molecule has 0 aromatic heterocycles. The van der Waals surface area contributed by atoms with Crippen molar-refractivity contribution in [3.63, 3.8) is 0 Å². The third-order valence-electron chi connectivity index (χ3n) is 6.14. The van der Waals surface area contributed by atoms with Crippen molar-refractivity contribution in [2.24, 2.45) is 11.8 Å². The summed E-state index contributed by atoms with van der Waals surface area (Å²) >= 11 is 0. The van der Waals surface area contributed by atoms with Crippen LogP contribution in [0.25, 0.3) is 10.8 Å². The first-order chi connectivity index (χ1) is 13.2. The summed E-state index contributed by atoms with van der Waals surface area (Å²) in [6, 6.07) is 11.7. The molecule has 1 atom stereocenters. The number of Topliss-reactive ketones (excluding diaryl/α,β-unsaturated/α-hetero) is 1. The van der Waals surface area contributed by atoms with Gasteiger partial charge in [-0.15, -0.1) is 0 Å². The summed E-state index contributed by atoms with van der Waals surface area (Å²) in [5, 5.41) is 2.10. The van der Waals surface area contributed by atoms with Gasteiger partial charge in [0.15, 0.2) is 5.78 Å². The fourth-order valence-electron chi connectivity index (χ4n) is 4.56. The average Bonchev–Trinajstić information content (AvgIpc) is 3.27. The van der Waals surface area contributed by atoms with Crippen molar-refractivity contribution in [2.75, 3.05) is 20.2 Å². The van der Waals surface area contributed by atoms with Crippen LogP contribution in [0.1, 0.15) is 48.9 Å². The molecule has 1 heterocycles. The molecule has 1 aliphatic heterocycles. The summed E-state index contributed by atoms with van der Waals surface area (Å²) in [7, 11) is 1.65. The number of hydrogen-bond donors (Lipinski definition) is 0. The van der Waals surface area contributed by atoms with Crippen molar-refractivity contribution < 1.29 is 14.3 Å². The highest BCUT2D eigenvalue weighted by atomic mass is 16.5. The van der Waals surface area contributed by atoms with Crippen LogP contribution in [0.15, 0.2) is 36.4 Å². The van der Waals surface area contributed by atoms with Crippen LogP contribution in [0.4, 0.5) is 0 Å². The molecule has 0 bridgehead atoms. The number of likely N-dealkylation sites (tertiary alicyclic amines) is 1. The Labute approximate surface area is 160 Å². The number of ketones is 1. The fourth-order valence-corrected chi connectivity index (χ4v) is 4.56. The number of methoxy groups -OCH3 is 1. The number of rotatable bonds is 4. The molecular formula is C23H27NO3. The van der Waals surface area contributed by atoms with E-state index < -0.39 is 0 Å². The van der Waals surface area contributed by atoms with Crippen LogP contribution in [0, 0.1) is 11.8 Å². The molecule has 27 heavy (non-hydrogen) atoms. The number of piperidine rings is 1. The number of fused-ring (bicyclic) bond motifs is 1. The first-order valence-electron chi connectivity index (χ1n) is 10.1. The summed E-state index contributed by atoms with van der Waals surface area (Å²) in [4.78, 5) is 27.8. The first kappa shape index (κ1) is 18.0. The molecule has 0 radical (unpaired) electrons. The van der Waals surface area contributed by atoms with Crippen molar-refractivity contribution in [1.29, 1.82) is 0 Å². The highest BCUT2D eigenvalue weighted by molar-refractivity contribution is 6.01. The molecule has 1 aliphatic carbocycles. The Morgan fingerprint density at radius 2 is 1.63 bits per heavy atom. The largest absolute Gasteiger partial charge is 0.497 e. The Hall–Kier alpha value is -2.36. The Kier molecular flexibility index (Phi) is 5.15. The molecule has 2 aromatic rings. The van der Waals surface area contributed by atoms with E-state index in [-0.39, 0.29) is 23.5 Å². The van der Waals surface area contributed by atoms with Crippen LogP contribution >= 0.6 is 0 Å². The van der Waals surface area contributed by atoms with Gasteiger partial charge < -0.3 is 9.64 Å². The normalized spacial score (nSPS) is 20.8. The van der Waals surface area contributed by atoms with Crippen LogP contribution in [-0.4, -0.2) is 36.8 Å². The first-order valence-corrected chi connectivity index (χ1v) is 10.1. The van der Waals surface area contributed by atoms with Gasteiger partial charge in [0.05, 0.1) is 7.11 Å². The predicted molar refractivity (Wildman–Crippen MR) is 106 cm³/mol. The number of benzene rings is 2. The van der Waals surface area contributed by atoms with Crippen LogP contribution in [-0.2, 0) is 4.79 Å². The third-order valence-corrected chi connectivity index (χ3v) is 6.14. The van der Waals surface area contributed by atoms with E-state index in [0.717, 1.165) is 67.2 Å². The van der Waals surface area contributed by atoms with Gasteiger partial charge in [-0.2, -0.15) is 0 Å². The van der Waals surface area contributed by atoms with Gasteiger partial charge >= 0.3 is 0 Å². The van der Waals surface area contributed by atoms with Gasteiger partial charge in [0.1, 0.15) is 5.75 Å². The van der Waals surface area contributed by atoms with Crippen molar-refractivity contribution in [3.05, 3.63) is 42.0 Å². The lowest BCUT2D eigenvalue weighted by atomic mass is 9.88. The molecule has 4 nitrogen and oxygen atoms in total. The Balaban J connectivity index is 1.49. The van der Waals surface area contributed by atoms with Crippen LogP contribution in [0.5, 0.6) is 5.75 Å². The minimum Gasteiger partial charge on any atom is -0.497 e. The van der Waals surface area contributed by atoms with E-state index in [9.17, 15) is 9.59 Å². The zero-order chi connectivity index (χ0) is 18.8. The standard InChI is InChI=1S/C23H27NO3/c1-27-21-11-10-17-13-19(9-8-18(17)14-21)22(25)20-7-4-12-24(15-20)23(26)16-5-2-3-6-16/h8-11,13-14,16,20H,2-7,12,15H2,1H3/t20-/m1/s1. The van der Waals surface area contributed by atoms with Gasteiger partial charge in [-0.25, -0.2) is 0 Å². The van der Waals surface area contributed by atoms with Crippen molar-refractivity contribution in [2.45, 2.75) is 38.5 Å². The molecule has 0 N–H and O–H groups in total. The van der Waals surface area contributed by atoms with Crippen molar-refractivity contribution in [3.8, 4) is 5.75 Å². The van der Waals surface area contributed by atoms with E-state index in [2.05, 4.69) is 0 Å². The topological polar surface area (TPSA) is 46.6 Å². The minimum absolute atomic E-state index is 0.0835. The molecule has 2 fully saturated rings. The maximum atomic E-state index is 13.1. The second-order valence-corrected chi connectivity index (χ2v) is 7.90. The van der Waals surface area contributed by atoms with Gasteiger partial charge in [-0.1, -0.05) is 31.0 Å². The highest BCUT2D eigenvalue weighted by Crippen LogP contribution is 2.30. The number of carbonyl (C=O) groups excluding carboxylic acids is 2. The van der Waals surface area contributed by atoms with Crippen LogP contribution in [0.3, 0.4) is 0 Å². The number of carbonyl (C=O) groups is 2. The van der Waals surface area contributed by atoms with E-state index in [1.165, 1.54) is 0 Å². The molecule has 2 aliphatic rings. The van der Waals surface area contributed by atoms with E-state index >= 15 is 0 Å². The molecule has 0 unspecified atom stereocenters. The molecule has 1 saturated heterocycles. The quantitative estimate of drug-likeness (QED) is 0.752. The van der Waals surface area contributed by atoms with Crippen LogP contribution in [0.2, 0.25) is 0 Å². The number of amides is 1. The van der Waals surface area contributed by atoms with Gasteiger partial charge in [0, 0.05) is 30.5 Å². The second-order valence-electron chi connectivity index (χ2n) is 7.90. The lowest BCUT2D eigenvalue weighted by Crippen LogP contribution is -2.44. The number of hydrogen-bond acceptors (Lipinski definition) is 3. The average molecular weight is 365 g/mol. The Morgan fingerprint density at radius 3 is 2.41 bits per heavy atom. The number of nitrogens with zero attached hydrogens (tertiary/aromatic N) is 1. The summed E-state index contributed by atoms with van der Waals surface area (Å²) < 4.78 is 5.27. The fraction of sp³-hybridized carbons (Fsp3) is 0.478. The van der Waals surface area contributed by atoms with Gasteiger partial charge in [0.2, 0.25) is 5.91 Å². The van der Waals surface area contributed by atoms with Crippen molar-refractivity contribution >= 4 is 22.5 Å². The maximum Gasteiger partial charge on any atom is 0.225 e. The smallest absolute Gasteiger partial charge is 0.225 e. The predicted octanol–water partition coefficient (Wildman–Crippen LogP) is 4.46. The SMILES string of the molecule is COc1ccc2cc(C(=O)[C@@H]3CCCN(C(=O)C4CCCC4)C3)ccc2c1. The molecule has 4 rings (SSSR count). The van der Waals surface area contributed by atoms with Crippen molar-refractivity contribution in [1.82, 2.24) is 4.90 Å². The Morgan fingerprint density at radius 1 is 0.926 bits per heavy atom. The van der Waals surface area contributed by atoms with Gasteiger partial charge in [-0.05, 0) is 54.7 Å². The second kappa shape index (κ2) is 7.71. The van der Waals surface area contributed by atoms with Gasteiger partial charge in [0.25, 0.3) is 0 Å². The van der Waals surface area contributed by atoms with E-state index in [4.69, 9.17) is 4.74 Å². The molecule has 2 aromatic carbocycles. The summed E-state index contributed by atoms with van der Waals surface area (Å²) in [6.45, 7) is 1.38. The summed E-state index contributed by atoms with van der Waals surface area (Å²) in [5.41, 5.74) is 0.743. The minimum atomic E-state index is -0.0835. The molecule has 4 heteroatoms. The van der Waals surface area contributed by atoms with E-state index in [1.807, 2.05) is 41.3 Å². The summed E-state index contributed by atoms with van der Waals surface area (Å²) in [5.74, 6) is 1.36. The van der Waals surface area contributed by atoms with E-state index in [0.29, 0.717) is 6.54 Å². The zero-order valence-electron chi connectivity index (χ0n) is 15.9. The molecular weight excluding hydrogens is 338 g/mol. The molecule has 1 saturated carbocycles. The molecule has 142 valence electrons. The Bertz CT molecular complexity index is 854. The highest BCUT2D eigenvalue weighted by Gasteiger charge is 2.33. The lowest BCUT2D eigenvalue weighted by molar-refractivity contribution is -0.136. The van der Waals surface area contributed by atoms with Crippen LogP contribution < -0.4 is 4.74 Å². The molecule has 0 spiro atoms. The monoisotopic (exact) mass is 365 g/mol. The van der Waals surface area contributed by atoms with E-state index in [1.54, 1.807) is 7.11 Å². The third kappa shape index (κ3) is 3.71. The van der Waals surface area contributed by atoms with Gasteiger partial charge in [-0.3, -0.25) is 9.59 Å². The maximum absolute atomic E-state index is 13.1. The zero-order valence-corrected chi connectivity index (χ0v) is 15.9. The summed E-state index contributed by atoms with van der Waals surface area (Å²) in [6.07, 6.45) is 6.14. The lowest BCUT2D eigenvalue weighted by Gasteiger charge is -2.33. The molecule has 1 amide bonds. The number of ether oxygens (including phenoxy) is 1.